The Labute approximate surface area is 125 Å². The normalized spacial score (nSPS) is 12.9. The zero-order chi connectivity index (χ0) is 15.7. The molecule has 0 aliphatic heterocycles. The molecule has 0 saturated carbocycles. The molecule has 1 unspecified atom stereocenters. The van der Waals surface area contributed by atoms with Gasteiger partial charge in [-0.05, 0) is 32.0 Å². The highest BCUT2D eigenvalue weighted by atomic mass is 16.2. The molecule has 5 heteroatoms. The van der Waals surface area contributed by atoms with Crippen molar-refractivity contribution in [1.29, 1.82) is 0 Å². The van der Waals surface area contributed by atoms with Crippen LogP contribution in [0.5, 0.6) is 0 Å². The molecule has 2 N–H and O–H groups in total. The maximum absolute atomic E-state index is 12.5. The van der Waals surface area contributed by atoms with Crippen molar-refractivity contribution in [3.63, 3.8) is 0 Å². The first-order chi connectivity index (χ1) is 9.86. The van der Waals surface area contributed by atoms with Crippen LogP contribution >= 0.6 is 0 Å². The van der Waals surface area contributed by atoms with E-state index < -0.39 is 0 Å². The second-order valence-corrected chi connectivity index (χ2v) is 5.77. The first kappa shape index (κ1) is 15.4. The highest BCUT2D eigenvalue weighted by molar-refractivity contribution is 5.85. The number of carbonyl (C=O) groups is 1. The number of likely N-dealkylation sites (N-methyl/N-ethyl adjacent to an activating group) is 1. The number of hydrogen-bond acceptors (Lipinski definition) is 3. The maximum Gasteiger partial charge on any atom is 0.245 e. The summed E-state index contributed by atoms with van der Waals surface area (Å²) in [6.45, 7) is 8.77. The van der Waals surface area contributed by atoms with Crippen LogP contribution in [0.2, 0.25) is 0 Å². The van der Waals surface area contributed by atoms with Gasteiger partial charge in [-0.1, -0.05) is 13.8 Å². The van der Waals surface area contributed by atoms with Crippen LogP contribution in [-0.2, 0) is 4.79 Å². The van der Waals surface area contributed by atoms with Gasteiger partial charge in [0, 0.05) is 25.2 Å². The number of nitrogen functional groups attached to an aromatic ring is 1. The van der Waals surface area contributed by atoms with Crippen molar-refractivity contribution in [3.05, 3.63) is 24.0 Å². The van der Waals surface area contributed by atoms with Gasteiger partial charge >= 0.3 is 0 Å². The van der Waals surface area contributed by atoms with Crippen LogP contribution in [-0.4, -0.2) is 34.0 Å². The molecule has 114 valence electrons. The summed E-state index contributed by atoms with van der Waals surface area (Å²) in [6.07, 6.45) is 0. The smallest absolute Gasteiger partial charge is 0.245 e. The molecule has 21 heavy (non-hydrogen) atoms. The van der Waals surface area contributed by atoms with Crippen molar-refractivity contribution in [2.75, 3.05) is 19.3 Å². The Balaban J connectivity index is 2.60. The lowest BCUT2D eigenvalue weighted by molar-refractivity contribution is -0.132. The summed E-state index contributed by atoms with van der Waals surface area (Å²) in [6, 6.07) is 5.38. The van der Waals surface area contributed by atoms with Gasteiger partial charge in [-0.25, -0.2) is 4.98 Å². The molecule has 1 atom stereocenters. The number of anilines is 1. The fourth-order valence-electron chi connectivity index (χ4n) is 2.53. The zero-order valence-corrected chi connectivity index (χ0v) is 13.4. The minimum Gasteiger partial charge on any atom is -0.399 e. The minimum atomic E-state index is -0.277. The molecular formula is C16H24N4O. The van der Waals surface area contributed by atoms with Gasteiger partial charge in [-0.2, -0.15) is 0 Å². The topological polar surface area (TPSA) is 64.2 Å². The number of nitrogens with zero attached hydrogens (tertiary/aromatic N) is 3. The van der Waals surface area contributed by atoms with E-state index in [1.165, 1.54) is 0 Å². The molecule has 0 bridgehead atoms. The summed E-state index contributed by atoms with van der Waals surface area (Å²) < 4.78 is 2.04. The standard InChI is InChI=1S/C16H24N4O/c1-6-19(5)16(21)11(4)20-14-8-7-12(17)9-13(14)18-15(20)10(2)3/h7-11H,6,17H2,1-5H3. The quantitative estimate of drug-likeness (QED) is 0.880. The second kappa shape index (κ2) is 5.76. The van der Waals surface area contributed by atoms with Crippen molar-refractivity contribution in [2.45, 2.75) is 39.7 Å². The van der Waals surface area contributed by atoms with Gasteiger partial charge in [0.1, 0.15) is 11.9 Å². The number of fused-ring (bicyclic) bond motifs is 1. The van der Waals surface area contributed by atoms with E-state index in [1.54, 1.807) is 4.90 Å². The van der Waals surface area contributed by atoms with E-state index in [1.807, 2.05) is 43.7 Å². The summed E-state index contributed by atoms with van der Waals surface area (Å²) in [5.74, 6) is 1.25. The molecule has 0 radical (unpaired) electrons. The first-order valence-electron chi connectivity index (χ1n) is 7.39. The lowest BCUT2D eigenvalue weighted by atomic mass is 10.2. The number of carbonyl (C=O) groups excluding carboxylic acids is 1. The number of imidazole rings is 1. The van der Waals surface area contributed by atoms with Crippen molar-refractivity contribution >= 4 is 22.6 Å². The average molecular weight is 288 g/mol. The monoisotopic (exact) mass is 288 g/mol. The molecule has 2 rings (SSSR count). The van der Waals surface area contributed by atoms with Crippen molar-refractivity contribution in [1.82, 2.24) is 14.5 Å². The maximum atomic E-state index is 12.5. The lowest BCUT2D eigenvalue weighted by Crippen LogP contribution is -2.33. The van der Waals surface area contributed by atoms with Crippen LogP contribution in [0.15, 0.2) is 18.2 Å². The lowest BCUT2D eigenvalue weighted by Gasteiger charge is -2.23. The summed E-state index contributed by atoms with van der Waals surface area (Å²) in [5.41, 5.74) is 8.33. The predicted molar refractivity (Wildman–Crippen MR) is 86.3 cm³/mol. The van der Waals surface area contributed by atoms with Crippen LogP contribution in [0.4, 0.5) is 5.69 Å². The Morgan fingerprint density at radius 3 is 2.62 bits per heavy atom. The van der Waals surface area contributed by atoms with Gasteiger partial charge in [-0.15, -0.1) is 0 Å². The van der Waals surface area contributed by atoms with E-state index in [4.69, 9.17) is 5.73 Å². The average Bonchev–Trinajstić information content (AvgIpc) is 2.83. The van der Waals surface area contributed by atoms with E-state index >= 15 is 0 Å². The summed E-state index contributed by atoms with van der Waals surface area (Å²) in [5, 5.41) is 0. The van der Waals surface area contributed by atoms with Gasteiger partial charge in [0.25, 0.3) is 0 Å². The first-order valence-corrected chi connectivity index (χ1v) is 7.39. The van der Waals surface area contributed by atoms with E-state index in [2.05, 4.69) is 18.8 Å². The fourth-order valence-corrected chi connectivity index (χ4v) is 2.53. The molecule has 1 aromatic heterocycles. The molecule has 0 saturated heterocycles. The molecule has 1 amide bonds. The summed E-state index contributed by atoms with van der Waals surface area (Å²) >= 11 is 0. The number of aromatic nitrogens is 2. The molecule has 1 heterocycles. The van der Waals surface area contributed by atoms with E-state index in [9.17, 15) is 4.79 Å². The van der Waals surface area contributed by atoms with E-state index in [0.717, 1.165) is 16.9 Å². The highest BCUT2D eigenvalue weighted by Crippen LogP contribution is 2.27. The van der Waals surface area contributed by atoms with Crippen molar-refractivity contribution < 1.29 is 4.79 Å². The summed E-state index contributed by atoms with van der Waals surface area (Å²) in [4.78, 5) is 18.9. The SMILES string of the molecule is CCN(C)C(=O)C(C)n1c(C(C)C)nc2cc(N)ccc21. The van der Waals surface area contributed by atoms with Crippen LogP contribution in [0.1, 0.15) is 45.5 Å². The van der Waals surface area contributed by atoms with Crippen molar-refractivity contribution in [3.8, 4) is 0 Å². The predicted octanol–water partition coefficient (Wildman–Crippen LogP) is 2.78. The third kappa shape index (κ3) is 2.73. The number of amides is 1. The van der Waals surface area contributed by atoms with Gasteiger partial charge < -0.3 is 15.2 Å². The Morgan fingerprint density at radius 2 is 2.05 bits per heavy atom. The van der Waals surface area contributed by atoms with Gasteiger partial charge in [0.15, 0.2) is 0 Å². The molecular weight excluding hydrogens is 264 g/mol. The molecule has 1 aromatic carbocycles. The third-order valence-electron chi connectivity index (χ3n) is 3.85. The van der Waals surface area contributed by atoms with Gasteiger partial charge in [-0.3, -0.25) is 4.79 Å². The van der Waals surface area contributed by atoms with Crippen LogP contribution in [0.3, 0.4) is 0 Å². The number of benzene rings is 1. The Bertz CT molecular complexity index is 660. The van der Waals surface area contributed by atoms with Crippen LogP contribution in [0, 0.1) is 0 Å². The van der Waals surface area contributed by atoms with Gasteiger partial charge in [0.2, 0.25) is 5.91 Å². The second-order valence-electron chi connectivity index (χ2n) is 5.77. The molecule has 0 spiro atoms. The molecule has 0 aliphatic rings. The van der Waals surface area contributed by atoms with Crippen LogP contribution in [0.25, 0.3) is 11.0 Å². The van der Waals surface area contributed by atoms with E-state index in [-0.39, 0.29) is 17.9 Å². The number of rotatable bonds is 4. The Kier molecular flexibility index (Phi) is 4.21. The highest BCUT2D eigenvalue weighted by Gasteiger charge is 2.24. The molecule has 0 fully saturated rings. The zero-order valence-electron chi connectivity index (χ0n) is 13.4. The number of hydrogen-bond donors (Lipinski definition) is 1. The van der Waals surface area contributed by atoms with Gasteiger partial charge in [0.05, 0.1) is 11.0 Å². The van der Waals surface area contributed by atoms with Crippen molar-refractivity contribution in [2.24, 2.45) is 0 Å². The van der Waals surface area contributed by atoms with Crippen LogP contribution < -0.4 is 5.73 Å². The Hall–Kier alpha value is -2.04. The molecule has 2 aromatic rings. The fraction of sp³-hybridized carbons (Fsp3) is 0.500. The minimum absolute atomic E-state index is 0.0931. The largest absolute Gasteiger partial charge is 0.399 e. The molecule has 0 aliphatic carbocycles. The van der Waals surface area contributed by atoms with E-state index in [0.29, 0.717) is 12.2 Å². The Morgan fingerprint density at radius 1 is 1.38 bits per heavy atom. The number of nitrogens with two attached hydrogens (primary N) is 1. The third-order valence-corrected chi connectivity index (χ3v) is 3.85. The molecule has 5 nitrogen and oxygen atoms in total. The summed E-state index contributed by atoms with van der Waals surface area (Å²) in [7, 11) is 1.82.